The molecule has 1 saturated heterocycles. The van der Waals surface area contributed by atoms with E-state index in [1.165, 1.54) is 0 Å². The van der Waals surface area contributed by atoms with Crippen molar-refractivity contribution in [3.8, 4) is 0 Å². The molecule has 1 rings (SSSR count). The fourth-order valence-corrected chi connectivity index (χ4v) is 2.06. The molecule has 1 aliphatic heterocycles. The molecule has 0 unspecified atom stereocenters. The number of rotatable bonds is 7. The highest BCUT2D eigenvalue weighted by Crippen LogP contribution is 2.02. The molecule has 1 aliphatic rings. The summed E-state index contributed by atoms with van der Waals surface area (Å²) in [5, 5.41) is 11.3. The second-order valence-electron chi connectivity index (χ2n) is 5.36. The number of piperazine rings is 1. The Morgan fingerprint density at radius 1 is 1.20 bits per heavy atom. The molecule has 116 valence electrons. The molecule has 0 bridgehead atoms. The first-order valence-electron chi connectivity index (χ1n) is 7.10. The second kappa shape index (κ2) is 8.76. The third-order valence-electron chi connectivity index (χ3n) is 3.37. The Labute approximate surface area is 120 Å². The Kier molecular flexibility index (Phi) is 7.32. The van der Waals surface area contributed by atoms with Gasteiger partial charge in [-0.1, -0.05) is 0 Å². The largest absolute Gasteiger partial charge is 0.481 e. The van der Waals surface area contributed by atoms with Gasteiger partial charge in [-0.15, -0.1) is 0 Å². The second-order valence-corrected chi connectivity index (χ2v) is 5.36. The van der Waals surface area contributed by atoms with Crippen molar-refractivity contribution in [2.45, 2.75) is 12.8 Å². The molecule has 0 saturated carbocycles. The molecule has 2 N–H and O–H groups in total. The number of urea groups is 1. The minimum atomic E-state index is -0.825. The number of carboxylic acids is 1. The maximum absolute atomic E-state index is 11.9. The molecule has 0 aromatic rings. The third-order valence-corrected chi connectivity index (χ3v) is 3.37. The Morgan fingerprint density at radius 2 is 1.85 bits per heavy atom. The molecule has 1 heterocycles. The number of likely N-dealkylation sites (N-methyl/N-ethyl adjacent to an activating group) is 1. The highest BCUT2D eigenvalue weighted by atomic mass is 16.4. The summed E-state index contributed by atoms with van der Waals surface area (Å²) in [5.74, 6) is -0.825. The fourth-order valence-electron chi connectivity index (χ4n) is 2.06. The predicted molar refractivity (Wildman–Crippen MR) is 76.8 cm³/mol. The molecule has 7 heteroatoms. The van der Waals surface area contributed by atoms with Gasteiger partial charge in [0.25, 0.3) is 0 Å². The highest BCUT2D eigenvalue weighted by molar-refractivity contribution is 5.74. The molecule has 20 heavy (non-hydrogen) atoms. The number of hydrogen-bond acceptors (Lipinski definition) is 4. The van der Waals surface area contributed by atoms with Crippen LogP contribution in [0.4, 0.5) is 4.79 Å². The monoisotopic (exact) mass is 286 g/mol. The van der Waals surface area contributed by atoms with E-state index >= 15 is 0 Å². The summed E-state index contributed by atoms with van der Waals surface area (Å²) in [6.07, 6.45) is 0.572. The van der Waals surface area contributed by atoms with Gasteiger partial charge in [-0.25, -0.2) is 4.79 Å². The highest BCUT2D eigenvalue weighted by Gasteiger charge is 2.20. The number of nitrogens with one attached hydrogen (secondary N) is 1. The van der Waals surface area contributed by atoms with Gasteiger partial charge in [-0.3, -0.25) is 9.69 Å². The summed E-state index contributed by atoms with van der Waals surface area (Å²) in [4.78, 5) is 28.5. The predicted octanol–water partition coefficient (Wildman–Crippen LogP) is -0.260. The van der Waals surface area contributed by atoms with Crippen LogP contribution in [0.5, 0.6) is 0 Å². The van der Waals surface area contributed by atoms with Gasteiger partial charge in [0.1, 0.15) is 0 Å². The number of carbonyl (C=O) groups is 2. The number of amides is 2. The van der Waals surface area contributed by atoms with Gasteiger partial charge in [0.05, 0.1) is 0 Å². The quantitative estimate of drug-likeness (QED) is 0.631. The molecule has 0 aromatic heterocycles. The maximum Gasteiger partial charge on any atom is 0.317 e. The number of carbonyl (C=O) groups excluding carboxylic acids is 1. The van der Waals surface area contributed by atoms with E-state index in [1.54, 1.807) is 4.90 Å². The molecule has 2 amide bonds. The van der Waals surface area contributed by atoms with E-state index in [2.05, 4.69) is 29.2 Å². The molecule has 0 aliphatic carbocycles. The van der Waals surface area contributed by atoms with Gasteiger partial charge >= 0.3 is 12.0 Å². The number of carboxylic acid groups (broad SMARTS) is 1. The molecule has 0 radical (unpaired) electrons. The topological polar surface area (TPSA) is 76.1 Å². The van der Waals surface area contributed by atoms with Crippen LogP contribution in [0.3, 0.4) is 0 Å². The number of aliphatic carboxylic acids is 1. The summed E-state index contributed by atoms with van der Waals surface area (Å²) in [5.41, 5.74) is 0. The lowest BCUT2D eigenvalue weighted by Gasteiger charge is -2.35. The minimum Gasteiger partial charge on any atom is -0.481 e. The normalized spacial score (nSPS) is 16.4. The van der Waals surface area contributed by atoms with Gasteiger partial charge in [0.2, 0.25) is 0 Å². The van der Waals surface area contributed by atoms with E-state index in [0.29, 0.717) is 13.0 Å². The number of nitrogens with zero attached hydrogens (tertiary/aromatic N) is 3. The summed E-state index contributed by atoms with van der Waals surface area (Å²) in [6, 6.07) is -0.0809. The van der Waals surface area contributed by atoms with Crippen molar-refractivity contribution in [1.29, 1.82) is 0 Å². The van der Waals surface area contributed by atoms with Crippen LogP contribution in [0.2, 0.25) is 0 Å². The Morgan fingerprint density at radius 3 is 2.40 bits per heavy atom. The van der Waals surface area contributed by atoms with Crippen molar-refractivity contribution in [3.05, 3.63) is 0 Å². The summed E-state index contributed by atoms with van der Waals surface area (Å²) < 4.78 is 0. The van der Waals surface area contributed by atoms with Gasteiger partial charge in [-0.2, -0.15) is 0 Å². The zero-order valence-corrected chi connectivity index (χ0v) is 12.5. The molecule has 1 fully saturated rings. The maximum atomic E-state index is 11.9. The van der Waals surface area contributed by atoms with E-state index in [-0.39, 0.29) is 12.5 Å². The van der Waals surface area contributed by atoms with E-state index in [9.17, 15) is 9.59 Å². The van der Waals surface area contributed by atoms with E-state index < -0.39 is 5.97 Å². The van der Waals surface area contributed by atoms with Crippen LogP contribution in [0.25, 0.3) is 0 Å². The lowest BCUT2D eigenvalue weighted by atomic mass is 10.3. The first-order valence-corrected chi connectivity index (χ1v) is 7.10. The Hall–Kier alpha value is -1.34. The number of hydrogen-bond donors (Lipinski definition) is 2. The van der Waals surface area contributed by atoms with E-state index in [1.807, 2.05) is 0 Å². The molecular formula is C13H26N4O3. The summed E-state index contributed by atoms with van der Waals surface area (Å²) in [6.45, 7) is 5.75. The first kappa shape index (κ1) is 16.7. The first-order chi connectivity index (χ1) is 9.49. The van der Waals surface area contributed by atoms with Crippen LogP contribution in [-0.4, -0.2) is 91.7 Å². The van der Waals surface area contributed by atoms with Crippen molar-refractivity contribution in [2.75, 3.05) is 59.9 Å². The Bertz CT molecular complexity index is 315. The minimum absolute atomic E-state index is 0.0809. The van der Waals surface area contributed by atoms with Crippen LogP contribution in [0, 0.1) is 0 Å². The van der Waals surface area contributed by atoms with Crippen molar-refractivity contribution >= 4 is 12.0 Å². The molecule has 0 aromatic carbocycles. The van der Waals surface area contributed by atoms with Crippen LogP contribution >= 0.6 is 0 Å². The van der Waals surface area contributed by atoms with Gasteiger partial charge in [0, 0.05) is 52.2 Å². The van der Waals surface area contributed by atoms with Crippen LogP contribution < -0.4 is 5.32 Å². The molecule has 0 atom stereocenters. The van der Waals surface area contributed by atoms with Gasteiger partial charge in [-0.05, 0) is 20.5 Å². The van der Waals surface area contributed by atoms with Crippen LogP contribution in [-0.2, 0) is 4.79 Å². The third kappa shape index (κ3) is 6.72. The van der Waals surface area contributed by atoms with Crippen molar-refractivity contribution in [2.24, 2.45) is 0 Å². The molecular weight excluding hydrogens is 260 g/mol. The summed E-state index contributed by atoms with van der Waals surface area (Å²) >= 11 is 0. The molecule has 7 nitrogen and oxygen atoms in total. The molecule has 0 spiro atoms. The van der Waals surface area contributed by atoms with Crippen molar-refractivity contribution in [3.63, 3.8) is 0 Å². The van der Waals surface area contributed by atoms with Gasteiger partial charge in [0.15, 0.2) is 0 Å². The zero-order valence-electron chi connectivity index (χ0n) is 12.5. The average Bonchev–Trinajstić information content (AvgIpc) is 2.41. The SMILES string of the molecule is CN(C)CCN1CCN(C(=O)NCCCC(=O)O)CC1. The average molecular weight is 286 g/mol. The standard InChI is InChI=1S/C13H26N4O3/c1-15(2)6-7-16-8-10-17(11-9-16)13(20)14-5-3-4-12(18)19/h3-11H2,1-2H3,(H,14,20)(H,18,19). The van der Waals surface area contributed by atoms with Crippen LogP contribution in [0.15, 0.2) is 0 Å². The van der Waals surface area contributed by atoms with Crippen LogP contribution in [0.1, 0.15) is 12.8 Å². The van der Waals surface area contributed by atoms with Crippen molar-refractivity contribution in [1.82, 2.24) is 20.0 Å². The smallest absolute Gasteiger partial charge is 0.317 e. The van der Waals surface area contributed by atoms with Crippen molar-refractivity contribution < 1.29 is 14.7 Å². The zero-order chi connectivity index (χ0) is 15.0. The fraction of sp³-hybridized carbons (Fsp3) is 0.846. The Balaban J connectivity index is 2.14. The van der Waals surface area contributed by atoms with E-state index in [0.717, 1.165) is 39.3 Å². The lowest BCUT2D eigenvalue weighted by Crippen LogP contribution is -2.52. The lowest BCUT2D eigenvalue weighted by molar-refractivity contribution is -0.137. The summed E-state index contributed by atoms with van der Waals surface area (Å²) in [7, 11) is 4.11. The van der Waals surface area contributed by atoms with E-state index in [4.69, 9.17) is 5.11 Å². The van der Waals surface area contributed by atoms with Gasteiger partial charge < -0.3 is 20.2 Å².